The number of hydrogen-bond acceptors (Lipinski definition) is 4. The van der Waals surface area contributed by atoms with Gasteiger partial charge in [-0.2, -0.15) is 0 Å². The summed E-state index contributed by atoms with van der Waals surface area (Å²) < 4.78 is 0.945. The zero-order valence-electron chi connectivity index (χ0n) is 8.66. The number of hydrogen-bond donors (Lipinski definition) is 2. The predicted octanol–water partition coefficient (Wildman–Crippen LogP) is 1.98. The quantitative estimate of drug-likeness (QED) is 0.608. The fourth-order valence-corrected chi connectivity index (χ4v) is 1.12. The molecule has 0 radical (unpaired) electrons. The fraction of sp³-hybridized carbons (Fsp3) is 0.200. The lowest BCUT2D eigenvalue weighted by atomic mass is 10.1. The number of carbonyl (C=O) groups excluding carboxylic acids is 2. The average Bonchev–Trinajstić information content (AvgIpc) is 2.26. The van der Waals surface area contributed by atoms with E-state index in [1.807, 2.05) is 31.9 Å². The van der Waals surface area contributed by atoms with Crippen LogP contribution in [0.4, 0.5) is 0 Å². The molecule has 0 aliphatic rings. The van der Waals surface area contributed by atoms with E-state index in [9.17, 15) is 4.79 Å². The maximum Gasteiger partial charge on any atom is 0.150 e. The number of aryl methyl sites for hydroxylation is 1. The zero-order chi connectivity index (χ0) is 12.3. The Morgan fingerprint density at radius 1 is 1.47 bits per heavy atom. The molecule has 0 fully saturated rings. The maximum absolute atomic E-state index is 10.4. The zero-order valence-corrected chi connectivity index (χ0v) is 10.2. The minimum absolute atomic E-state index is 0.745. The third kappa shape index (κ3) is 7.99. The maximum atomic E-state index is 10.4. The van der Waals surface area contributed by atoms with Crippen LogP contribution in [0.25, 0.3) is 0 Å². The van der Waals surface area contributed by atoms with E-state index in [2.05, 4.69) is 15.9 Å². The summed E-state index contributed by atoms with van der Waals surface area (Å²) in [6.45, 7) is 3.91. The highest BCUT2D eigenvalue weighted by Crippen LogP contribution is 2.13. The van der Waals surface area contributed by atoms with Crippen LogP contribution >= 0.6 is 15.9 Å². The molecule has 0 atom stereocenters. The molecule has 15 heavy (non-hydrogen) atoms. The van der Waals surface area contributed by atoms with Crippen molar-refractivity contribution in [2.75, 3.05) is 7.05 Å². The van der Waals surface area contributed by atoms with Gasteiger partial charge >= 0.3 is 0 Å². The van der Waals surface area contributed by atoms with Gasteiger partial charge in [0.15, 0.2) is 0 Å². The van der Waals surface area contributed by atoms with Crippen molar-refractivity contribution >= 4 is 29.0 Å². The van der Waals surface area contributed by atoms with Gasteiger partial charge in [-0.15, -0.1) is 0 Å². The standard InChI is InChI=1S/C8H7BrO.CH5NO.CH2O/c1-6-2-3-8(9)4-7(6)5-10;1-2-3;1-2/h2-5H,1H3;2-3H,1H3;1H2. The topological polar surface area (TPSA) is 66.4 Å². The summed E-state index contributed by atoms with van der Waals surface area (Å²) in [5.41, 5.74) is 3.51. The molecular weight excluding hydrogens is 262 g/mol. The molecule has 1 aromatic rings. The molecule has 5 heteroatoms. The van der Waals surface area contributed by atoms with E-state index >= 15 is 0 Å². The van der Waals surface area contributed by atoms with Gasteiger partial charge in [0.25, 0.3) is 0 Å². The molecule has 4 nitrogen and oxygen atoms in total. The Bertz CT molecular complexity index is 292. The van der Waals surface area contributed by atoms with Gasteiger partial charge in [-0.05, 0) is 24.6 Å². The lowest BCUT2D eigenvalue weighted by Crippen LogP contribution is -1.91. The SMILES string of the molecule is C=O.CNO.Cc1ccc(Br)cc1C=O. The van der Waals surface area contributed by atoms with Crippen molar-refractivity contribution in [3.8, 4) is 0 Å². The van der Waals surface area contributed by atoms with Gasteiger partial charge in [-0.1, -0.05) is 22.0 Å². The summed E-state index contributed by atoms with van der Waals surface area (Å²) in [5, 5.41) is 7.32. The van der Waals surface area contributed by atoms with Gasteiger partial charge in [-0.3, -0.25) is 4.79 Å². The van der Waals surface area contributed by atoms with Crippen LogP contribution in [0, 0.1) is 6.92 Å². The van der Waals surface area contributed by atoms with E-state index < -0.39 is 0 Å². The van der Waals surface area contributed by atoms with E-state index in [0.717, 1.165) is 21.9 Å². The van der Waals surface area contributed by atoms with Crippen LogP contribution < -0.4 is 5.48 Å². The molecule has 0 aromatic heterocycles. The van der Waals surface area contributed by atoms with E-state index in [1.165, 1.54) is 7.05 Å². The molecule has 0 saturated heterocycles. The van der Waals surface area contributed by atoms with Gasteiger partial charge in [0.05, 0.1) is 0 Å². The van der Waals surface area contributed by atoms with Gasteiger partial charge < -0.3 is 10.0 Å². The van der Waals surface area contributed by atoms with Gasteiger partial charge in [0.1, 0.15) is 13.1 Å². The molecule has 0 unspecified atom stereocenters. The molecule has 0 amide bonds. The number of aldehydes is 1. The summed E-state index contributed by atoms with van der Waals surface area (Å²) >= 11 is 3.28. The van der Waals surface area contributed by atoms with Crippen molar-refractivity contribution in [1.29, 1.82) is 0 Å². The predicted molar refractivity (Wildman–Crippen MR) is 62.2 cm³/mol. The smallest absolute Gasteiger partial charge is 0.150 e. The lowest BCUT2D eigenvalue weighted by Gasteiger charge is -1.96. The van der Waals surface area contributed by atoms with Crippen molar-refractivity contribution in [3.05, 3.63) is 33.8 Å². The molecule has 1 aromatic carbocycles. The molecule has 0 spiro atoms. The van der Waals surface area contributed by atoms with Crippen LogP contribution in [-0.4, -0.2) is 25.3 Å². The molecule has 0 heterocycles. The molecule has 0 saturated carbocycles. The Kier molecular flexibility index (Phi) is 12.1. The van der Waals surface area contributed by atoms with Crippen molar-refractivity contribution in [1.82, 2.24) is 5.48 Å². The summed E-state index contributed by atoms with van der Waals surface area (Å²) in [6, 6.07) is 5.64. The molecule has 84 valence electrons. The fourth-order valence-electron chi connectivity index (χ4n) is 0.738. The first-order chi connectivity index (χ1) is 7.15. The molecule has 0 aliphatic heterocycles. The highest BCUT2D eigenvalue weighted by molar-refractivity contribution is 9.10. The number of benzene rings is 1. The largest absolute Gasteiger partial charge is 0.317 e. The van der Waals surface area contributed by atoms with Crippen LogP contribution in [0.2, 0.25) is 0 Å². The number of rotatable bonds is 1. The third-order valence-electron chi connectivity index (χ3n) is 1.37. The molecule has 0 bridgehead atoms. The Labute approximate surface area is 97.4 Å². The van der Waals surface area contributed by atoms with E-state index in [-0.39, 0.29) is 0 Å². The monoisotopic (exact) mass is 275 g/mol. The van der Waals surface area contributed by atoms with E-state index in [0.29, 0.717) is 0 Å². The van der Waals surface area contributed by atoms with Crippen LogP contribution in [0.15, 0.2) is 22.7 Å². The Morgan fingerprint density at radius 2 is 1.93 bits per heavy atom. The molecule has 2 N–H and O–H groups in total. The first-order valence-electron chi connectivity index (χ1n) is 3.96. The second kappa shape index (κ2) is 11.0. The third-order valence-corrected chi connectivity index (χ3v) is 1.86. The van der Waals surface area contributed by atoms with Crippen LogP contribution in [0.1, 0.15) is 15.9 Å². The van der Waals surface area contributed by atoms with Crippen molar-refractivity contribution in [3.63, 3.8) is 0 Å². The van der Waals surface area contributed by atoms with Gasteiger partial charge in [-0.25, -0.2) is 5.48 Å². The van der Waals surface area contributed by atoms with Crippen LogP contribution in [0.3, 0.4) is 0 Å². The second-order valence-electron chi connectivity index (χ2n) is 2.34. The summed E-state index contributed by atoms with van der Waals surface area (Å²) in [5.74, 6) is 0. The average molecular weight is 276 g/mol. The van der Waals surface area contributed by atoms with Crippen LogP contribution in [0.5, 0.6) is 0 Å². The van der Waals surface area contributed by atoms with Crippen molar-refractivity contribution in [2.24, 2.45) is 0 Å². The summed E-state index contributed by atoms with van der Waals surface area (Å²) in [6.07, 6.45) is 0.861. The minimum atomic E-state index is 0.745. The Hall–Kier alpha value is -1.04. The van der Waals surface area contributed by atoms with Gasteiger partial charge in [0, 0.05) is 17.1 Å². The van der Waals surface area contributed by atoms with E-state index in [1.54, 1.807) is 5.48 Å². The normalized spacial score (nSPS) is 7.73. The second-order valence-corrected chi connectivity index (χ2v) is 3.26. The lowest BCUT2D eigenvalue weighted by molar-refractivity contribution is -0.0979. The Balaban J connectivity index is 0. The van der Waals surface area contributed by atoms with Crippen LogP contribution in [-0.2, 0) is 4.79 Å². The number of halogens is 1. The van der Waals surface area contributed by atoms with Crippen molar-refractivity contribution in [2.45, 2.75) is 6.92 Å². The summed E-state index contributed by atoms with van der Waals surface area (Å²) in [4.78, 5) is 18.4. The van der Waals surface area contributed by atoms with E-state index in [4.69, 9.17) is 10.0 Å². The first kappa shape index (κ1) is 16.4. The first-order valence-corrected chi connectivity index (χ1v) is 4.76. The minimum Gasteiger partial charge on any atom is -0.317 e. The molecule has 1 rings (SSSR count). The summed E-state index contributed by atoms with van der Waals surface area (Å²) in [7, 11) is 1.43. The molecular formula is C10H14BrNO3. The van der Waals surface area contributed by atoms with Crippen molar-refractivity contribution < 1.29 is 14.8 Å². The number of hydroxylamine groups is 1. The number of carbonyl (C=O) groups is 2. The molecule has 0 aliphatic carbocycles. The highest BCUT2D eigenvalue weighted by atomic mass is 79.9. The van der Waals surface area contributed by atoms with Gasteiger partial charge in [0.2, 0.25) is 0 Å². The Morgan fingerprint density at radius 3 is 2.27 bits per heavy atom. The number of nitrogens with one attached hydrogen (secondary N) is 1. The highest BCUT2D eigenvalue weighted by Gasteiger charge is 1.95.